The molecule has 0 radical (unpaired) electrons. The molecule has 1 heterocycles. The molecule has 1 aliphatic rings. The van der Waals surface area contributed by atoms with Crippen molar-refractivity contribution in [2.45, 2.75) is 45.2 Å². The van der Waals surface area contributed by atoms with Gasteiger partial charge in [-0.1, -0.05) is 0 Å². The largest absolute Gasteiger partial charge is 0.465 e. The SMILES string of the molecule is COC(=O)c1cc([N+](=O)[O-])c(N2C(C)CCCC2C)c([N+](=O)[O-])c1. The number of benzene rings is 1. The van der Waals surface area contributed by atoms with Crippen LogP contribution in [0, 0.1) is 20.2 Å². The Morgan fingerprint density at radius 3 is 1.96 bits per heavy atom. The van der Waals surface area contributed by atoms with Gasteiger partial charge >= 0.3 is 17.3 Å². The zero-order valence-corrected chi connectivity index (χ0v) is 13.7. The number of hydrogen-bond acceptors (Lipinski definition) is 7. The minimum Gasteiger partial charge on any atom is -0.465 e. The molecule has 0 aromatic heterocycles. The lowest BCUT2D eigenvalue weighted by Crippen LogP contribution is -2.44. The monoisotopic (exact) mass is 337 g/mol. The molecule has 0 aliphatic carbocycles. The third kappa shape index (κ3) is 3.15. The van der Waals surface area contributed by atoms with Gasteiger partial charge in [0.05, 0.1) is 22.5 Å². The fourth-order valence-corrected chi connectivity index (χ4v) is 3.24. The number of nitro groups is 2. The molecule has 0 bridgehead atoms. The minimum absolute atomic E-state index is 0.0441. The molecule has 2 atom stereocenters. The molecule has 9 nitrogen and oxygen atoms in total. The van der Waals surface area contributed by atoms with Gasteiger partial charge in [-0.05, 0) is 33.1 Å². The number of piperidine rings is 1. The molecule has 9 heteroatoms. The van der Waals surface area contributed by atoms with Gasteiger partial charge in [0, 0.05) is 24.2 Å². The zero-order valence-electron chi connectivity index (χ0n) is 13.7. The van der Waals surface area contributed by atoms with Gasteiger partial charge in [-0.3, -0.25) is 20.2 Å². The van der Waals surface area contributed by atoms with Gasteiger partial charge in [0.25, 0.3) is 0 Å². The predicted molar refractivity (Wildman–Crippen MR) is 86.3 cm³/mol. The van der Waals surface area contributed by atoms with Crippen LogP contribution in [0.5, 0.6) is 0 Å². The number of methoxy groups -OCH3 is 1. The van der Waals surface area contributed by atoms with Gasteiger partial charge in [0.2, 0.25) is 0 Å². The van der Waals surface area contributed by atoms with Crippen LogP contribution in [0.15, 0.2) is 12.1 Å². The Kier molecular flexibility index (Phi) is 5.01. The summed E-state index contributed by atoms with van der Waals surface area (Å²) in [5.74, 6) is -0.854. The third-order valence-corrected chi connectivity index (χ3v) is 4.34. The first kappa shape index (κ1) is 17.6. The fourth-order valence-electron chi connectivity index (χ4n) is 3.24. The summed E-state index contributed by atoms with van der Waals surface area (Å²) < 4.78 is 4.54. The van der Waals surface area contributed by atoms with Crippen molar-refractivity contribution in [3.63, 3.8) is 0 Å². The molecule has 0 N–H and O–H groups in total. The van der Waals surface area contributed by atoms with Crippen molar-refractivity contribution in [2.24, 2.45) is 0 Å². The number of carbonyl (C=O) groups excluding carboxylic acids is 1. The van der Waals surface area contributed by atoms with Crippen molar-refractivity contribution >= 4 is 23.0 Å². The Morgan fingerprint density at radius 2 is 1.58 bits per heavy atom. The van der Waals surface area contributed by atoms with E-state index in [1.807, 2.05) is 13.8 Å². The molecule has 1 aromatic rings. The second-order valence-electron chi connectivity index (χ2n) is 5.91. The topological polar surface area (TPSA) is 116 Å². The molecular weight excluding hydrogens is 318 g/mol. The lowest BCUT2D eigenvalue weighted by Gasteiger charge is -2.40. The molecule has 1 aliphatic heterocycles. The van der Waals surface area contributed by atoms with Crippen LogP contribution < -0.4 is 4.90 Å². The van der Waals surface area contributed by atoms with E-state index < -0.39 is 27.2 Å². The van der Waals surface area contributed by atoms with E-state index in [1.54, 1.807) is 4.90 Å². The number of esters is 1. The van der Waals surface area contributed by atoms with E-state index in [4.69, 9.17) is 0 Å². The fraction of sp³-hybridized carbons (Fsp3) is 0.533. The van der Waals surface area contributed by atoms with Crippen molar-refractivity contribution < 1.29 is 19.4 Å². The quantitative estimate of drug-likeness (QED) is 0.471. The van der Waals surface area contributed by atoms with Crippen LogP contribution in [0.3, 0.4) is 0 Å². The molecule has 24 heavy (non-hydrogen) atoms. The molecule has 1 saturated heterocycles. The highest BCUT2D eigenvalue weighted by molar-refractivity contribution is 5.94. The standard InChI is InChI=1S/C15H19N3O6/c1-9-5-4-6-10(2)16(9)14-12(17(20)21)7-11(15(19)24-3)8-13(14)18(22)23/h7-10H,4-6H2,1-3H3. The van der Waals surface area contributed by atoms with E-state index in [0.29, 0.717) is 0 Å². The molecule has 130 valence electrons. The molecule has 0 amide bonds. The van der Waals surface area contributed by atoms with Crippen molar-refractivity contribution in [3.8, 4) is 0 Å². The summed E-state index contributed by atoms with van der Waals surface area (Å²) in [4.78, 5) is 35.1. The van der Waals surface area contributed by atoms with Crippen molar-refractivity contribution in [3.05, 3.63) is 37.9 Å². The average molecular weight is 337 g/mol. The molecule has 0 saturated carbocycles. The highest BCUT2D eigenvalue weighted by Gasteiger charge is 2.37. The summed E-state index contributed by atoms with van der Waals surface area (Å²) in [6.07, 6.45) is 2.54. The summed E-state index contributed by atoms with van der Waals surface area (Å²) in [6.45, 7) is 3.77. The van der Waals surface area contributed by atoms with E-state index in [0.717, 1.165) is 38.5 Å². The number of rotatable bonds is 4. The average Bonchev–Trinajstić information content (AvgIpc) is 2.53. The Balaban J connectivity index is 2.74. The van der Waals surface area contributed by atoms with E-state index in [1.165, 1.54) is 0 Å². The predicted octanol–water partition coefficient (Wildman–Crippen LogP) is 3.06. The van der Waals surface area contributed by atoms with E-state index in [-0.39, 0.29) is 23.3 Å². The maximum absolute atomic E-state index is 11.7. The second-order valence-corrected chi connectivity index (χ2v) is 5.91. The third-order valence-electron chi connectivity index (χ3n) is 4.34. The summed E-state index contributed by atoms with van der Waals surface area (Å²) in [5, 5.41) is 23.0. The van der Waals surface area contributed by atoms with Crippen molar-refractivity contribution in [1.82, 2.24) is 0 Å². The molecule has 2 unspecified atom stereocenters. The summed E-state index contributed by atoms with van der Waals surface area (Å²) in [6, 6.07) is 1.94. The van der Waals surface area contributed by atoms with Crippen LogP contribution in [0.4, 0.5) is 17.1 Å². The smallest absolute Gasteiger partial charge is 0.338 e. The Labute approximate surface area is 138 Å². The number of nitrogens with zero attached hydrogens (tertiary/aromatic N) is 3. The van der Waals surface area contributed by atoms with E-state index in [2.05, 4.69) is 4.74 Å². The van der Waals surface area contributed by atoms with Crippen LogP contribution in [-0.4, -0.2) is 35.0 Å². The van der Waals surface area contributed by atoms with Crippen LogP contribution in [0.25, 0.3) is 0 Å². The Bertz CT molecular complexity index is 645. The van der Waals surface area contributed by atoms with Gasteiger partial charge in [-0.15, -0.1) is 0 Å². The second kappa shape index (κ2) is 6.81. The van der Waals surface area contributed by atoms with Gasteiger partial charge in [0.15, 0.2) is 5.69 Å². The molecular formula is C15H19N3O6. The summed E-state index contributed by atoms with van der Waals surface area (Å²) >= 11 is 0. The van der Waals surface area contributed by atoms with Crippen LogP contribution in [0.2, 0.25) is 0 Å². The maximum Gasteiger partial charge on any atom is 0.338 e. The van der Waals surface area contributed by atoms with E-state index in [9.17, 15) is 25.0 Å². The lowest BCUT2D eigenvalue weighted by molar-refractivity contribution is -0.392. The highest BCUT2D eigenvalue weighted by atomic mass is 16.6. The van der Waals surface area contributed by atoms with Crippen molar-refractivity contribution in [2.75, 3.05) is 12.0 Å². The van der Waals surface area contributed by atoms with Crippen LogP contribution >= 0.6 is 0 Å². The lowest BCUT2D eigenvalue weighted by atomic mass is 9.95. The number of hydrogen-bond donors (Lipinski definition) is 0. The first-order valence-corrected chi connectivity index (χ1v) is 7.61. The normalized spacial score (nSPS) is 20.5. The van der Waals surface area contributed by atoms with E-state index >= 15 is 0 Å². The zero-order chi connectivity index (χ0) is 18.0. The van der Waals surface area contributed by atoms with Crippen LogP contribution in [-0.2, 0) is 4.74 Å². The molecule has 2 rings (SSSR count). The van der Waals surface area contributed by atoms with Crippen molar-refractivity contribution in [1.29, 1.82) is 0 Å². The van der Waals surface area contributed by atoms with Gasteiger partial charge in [0.1, 0.15) is 0 Å². The number of nitro benzene ring substituents is 2. The van der Waals surface area contributed by atoms with Gasteiger partial charge in [-0.25, -0.2) is 4.79 Å². The summed E-state index contributed by atoms with van der Waals surface area (Å²) in [7, 11) is 1.11. The first-order chi connectivity index (χ1) is 11.3. The summed E-state index contributed by atoms with van der Waals surface area (Å²) in [5.41, 5.74) is -1.16. The number of carbonyl (C=O) groups is 1. The highest BCUT2D eigenvalue weighted by Crippen LogP contribution is 2.43. The maximum atomic E-state index is 11.7. The Hall–Kier alpha value is -2.71. The molecule has 1 fully saturated rings. The van der Waals surface area contributed by atoms with Crippen LogP contribution in [0.1, 0.15) is 43.5 Å². The Morgan fingerprint density at radius 1 is 1.12 bits per heavy atom. The first-order valence-electron chi connectivity index (χ1n) is 7.61. The van der Waals surface area contributed by atoms with Gasteiger partial charge < -0.3 is 9.64 Å². The minimum atomic E-state index is -0.854. The molecule has 0 spiro atoms. The molecule has 1 aromatic carbocycles. The van der Waals surface area contributed by atoms with Gasteiger partial charge in [-0.2, -0.15) is 0 Å². The number of ether oxygens (including phenoxy) is 1. The number of anilines is 1.